The molecule has 1 amide bonds. The maximum Gasteiger partial charge on any atom is 0.257 e. The molecule has 0 atom stereocenters. The highest BCUT2D eigenvalue weighted by Gasteiger charge is 2.11. The van der Waals surface area contributed by atoms with E-state index in [0.717, 1.165) is 24.5 Å². The van der Waals surface area contributed by atoms with Crippen LogP contribution < -0.4 is 15.5 Å². The molecule has 0 unspecified atom stereocenters. The van der Waals surface area contributed by atoms with Gasteiger partial charge in [-0.1, -0.05) is 6.08 Å². The fourth-order valence-corrected chi connectivity index (χ4v) is 2.96. The number of hydrogen-bond acceptors (Lipinski definition) is 4. The van der Waals surface area contributed by atoms with Gasteiger partial charge in [0.25, 0.3) is 5.91 Å². The van der Waals surface area contributed by atoms with E-state index in [4.69, 9.17) is 0 Å². The standard InChI is InChI=1S/C20H24N4O/c1-2-10-22-18-13-16(14-21-15-18)20(25)23-17-6-8-19(9-7-17)24-11-4-3-5-12-24/h2,6-9,13-15,22H,1,3-5,10-12H2,(H,23,25). The van der Waals surface area contributed by atoms with Gasteiger partial charge in [-0.3, -0.25) is 9.78 Å². The topological polar surface area (TPSA) is 57.3 Å². The molecule has 0 spiro atoms. The summed E-state index contributed by atoms with van der Waals surface area (Å²) in [6.45, 7) is 6.52. The zero-order valence-electron chi connectivity index (χ0n) is 14.4. The Bertz CT molecular complexity index is 721. The number of rotatable bonds is 6. The van der Waals surface area contributed by atoms with E-state index in [0.29, 0.717) is 12.1 Å². The van der Waals surface area contributed by atoms with Crippen LogP contribution in [0.1, 0.15) is 29.6 Å². The van der Waals surface area contributed by atoms with Crippen molar-refractivity contribution in [2.75, 3.05) is 35.2 Å². The van der Waals surface area contributed by atoms with Crippen molar-refractivity contribution in [3.05, 3.63) is 60.9 Å². The summed E-state index contributed by atoms with van der Waals surface area (Å²) in [6, 6.07) is 9.83. The molecule has 3 rings (SSSR count). The highest BCUT2D eigenvalue weighted by atomic mass is 16.1. The number of nitrogens with zero attached hydrogens (tertiary/aromatic N) is 2. The first kappa shape index (κ1) is 17.0. The average Bonchev–Trinajstić information content (AvgIpc) is 2.68. The Balaban J connectivity index is 1.63. The Morgan fingerprint density at radius 2 is 1.88 bits per heavy atom. The van der Waals surface area contributed by atoms with Gasteiger partial charge in [0, 0.05) is 43.4 Å². The highest BCUT2D eigenvalue weighted by molar-refractivity contribution is 6.04. The van der Waals surface area contributed by atoms with Crippen molar-refractivity contribution in [2.24, 2.45) is 0 Å². The number of carbonyl (C=O) groups is 1. The zero-order valence-corrected chi connectivity index (χ0v) is 14.4. The van der Waals surface area contributed by atoms with Crippen LogP contribution in [0.5, 0.6) is 0 Å². The molecule has 1 fully saturated rings. The molecule has 1 aliphatic rings. The van der Waals surface area contributed by atoms with Crippen LogP contribution in [0.4, 0.5) is 17.1 Å². The predicted octanol–water partition coefficient (Wildman–Crippen LogP) is 3.92. The van der Waals surface area contributed by atoms with E-state index < -0.39 is 0 Å². The predicted molar refractivity (Wildman–Crippen MR) is 103 cm³/mol. The van der Waals surface area contributed by atoms with E-state index >= 15 is 0 Å². The number of aromatic nitrogens is 1. The van der Waals surface area contributed by atoms with Gasteiger partial charge in [-0.2, -0.15) is 0 Å². The quantitative estimate of drug-likeness (QED) is 0.785. The summed E-state index contributed by atoms with van der Waals surface area (Å²) in [6.07, 6.45) is 8.84. The minimum atomic E-state index is -0.166. The first-order valence-corrected chi connectivity index (χ1v) is 8.72. The maximum absolute atomic E-state index is 12.4. The number of benzene rings is 1. The molecule has 1 aromatic heterocycles. The Labute approximate surface area is 148 Å². The fraction of sp³-hybridized carbons (Fsp3) is 0.300. The van der Waals surface area contributed by atoms with Crippen molar-refractivity contribution < 1.29 is 4.79 Å². The third kappa shape index (κ3) is 4.59. The third-order valence-electron chi connectivity index (χ3n) is 4.30. The number of anilines is 3. The smallest absolute Gasteiger partial charge is 0.257 e. The van der Waals surface area contributed by atoms with Crippen molar-refractivity contribution in [1.29, 1.82) is 0 Å². The molecule has 0 saturated carbocycles. The largest absolute Gasteiger partial charge is 0.380 e. The molecule has 5 nitrogen and oxygen atoms in total. The average molecular weight is 336 g/mol. The van der Waals surface area contributed by atoms with Gasteiger partial charge in [-0.15, -0.1) is 6.58 Å². The molecule has 0 radical (unpaired) electrons. The monoisotopic (exact) mass is 336 g/mol. The molecule has 1 aliphatic heterocycles. The Kier molecular flexibility index (Phi) is 5.67. The normalized spacial score (nSPS) is 14.0. The molecule has 5 heteroatoms. The molecule has 2 N–H and O–H groups in total. The Hall–Kier alpha value is -2.82. The van der Waals surface area contributed by atoms with Crippen LogP contribution in [-0.4, -0.2) is 30.5 Å². The second-order valence-electron chi connectivity index (χ2n) is 6.18. The van der Waals surface area contributed by atoms with Gasteiger partial charge in [0.2, 0.25) is 0 Å². The molecule has 25 heavy (non-hydrogen) atoms. The second kappa shape index (κ2) is 8.33. The molecular formula is C20H24N4O. The summed E-state index contributed by atoms with van der Waals surface area (Å²) in [4.78, 5) is 18.9. The van der Waals surface area contributed by atoms with E-state index in [1.807, 2.05) is 12.1 Å². The third-order valence-corrected chi connectivity index (χ3v) is 4.30. The molecule has 1 saturated heterocycles. The summed E-state index contributed by atoms with van der Waals surface area (Å²) in [5.74, 6) is -0.166. The number of piperidine rings is 1. The summed E-state index contributed by atoms with van der Waals surface area (Å²) < 4.78 is 0. The second-order valence-corrected chi connectivity index (χ2v) is 6.18. The van der Waals surface area contributed by atoms with Crippen LogP contribution in [0.2, 0.25) is 0 Å². The van der Waals surface area contributed by atoms with Gasteiger partial charge in [0.15, 0.2) is 0 Å². The first-order valence-electron chi connectivity index (χ1n) is 8.72. The van der Waals surface area contributed by atoms with Crippen molar-refractivity contribution in [1.82, 2.24) is 4.98 Å². The zero-order chi connectivity index (χ0) is 17.5. The van der Waals surface area contributed by atoms with E-state index in [2.05, 4.69) is 39.2 Å². The van der Waals surface area contributed by atoms with Crippen LogP contribution in [0, 0.1) is 0 Å². The van der Waals surface area contributed by atoms with Gasteiger partial charge in [0.05, 0.1) is 11.3 Å². The van der Waals surface area contributed by atoms with Crippen molar-refractivity contribution in [3.8, 4) is 0 Å². The molecule has 1 aromatic carbocycles. The summed E-state index contributed by atoms with van der Waals surface area (Å²) >= 11 is 0. The lowest BCUT2D eigenvalue weighted by Gasteiger charge is -2.28. The van der Waals surface area contributed by atoms with Crippen molar-refractivity contribution in [2.45, 2.75) is 19.3 Å². The van der Waals surface area contributed by atoms with Crippen LogP contribution in [0.25, 0.3) is 0 Å². The van der Waals surface area contributed by atoms with Gasteiger partial charge in [0.1, 0.15) is 0 Å². The molecule has 2 aromatic rings. The lowest BCUT2D eigenvalue weighted by Crippen LogP contribution is -2.29. The first-order chi connectivity index (χ1) is 12.3. The molecule has 130 valence electrons. The van der Waals surface area contributed by atoms with Crippen molar-refractivity contribution >= 4 is 23.0 Å². The number of pyridine rings is 1. The number of hydrogen-bond donors (Lipinski definition) is 2. The molecule has 0 aliphatic carbocycles. The number of carbonyl (C=O) groups excluding carboxylic acids is 1. The molecule has 2 heterocycles. The van der Waals surface area contributed by atoms with Crippen LogP contribution in [0.15, 0.2) is 55.4 Å². The van der Waals surface area contributed by atoms with Gasteiger partial charge in [-0.25, -0.2) is 0 Å². The minimum Gasteiger partial charge on any atom is -0.380 e. The van der Waals surface area contributed by atoms with Gasteiger partial charge < -0.3 is 15.5 Å². The van der Waals surface area contributed by atoms with E-state index in [9.17, 15) is 4.79 Å². The minimum absolute atomic E-state index is 0.166. The van der Waals surface area contributed by atoms with Crippen LogP contribution in [-0.2, 0) is 0 Å². The highest BCUT2D eigenvalue weighted by Crippen LogP contribution is 2.22. The van der Waals surface area contributed by atoms with Crippen molar-refractivity contribution in [3.63, 3.8) is 0 Å². The summed E-state index contributed by atoms with van der Waals surface area (Å²) in [5, 5.41) is 6.06. The fourth-order valence-electron chi connectivity index (χ4n) is 2.96. The van der Waals surface area contributed by atoms with Gasteiger partial charge >= 0.3 is 0 Å². The lowest BCUT2D eigenvalue weighted by molar-refractivity contribution is 0.102. The Morgan fingerprint density at radius 1 is 1.12 bits per heavy atom. The molecular weight excluding hydrogens is 312 g/mol. The van der Waals surface area contributed by atoms with Gasteiger partial charge in [-0.05, 0) is 49.6 Å². The lowest BCUT2D eigenvalue weighted by atomic mass is 10.1. The van der Waals surface area contributed by atoms with E-state index in [1.54, 1.807) is 24.5 Å². The SMILES string of the molecule is C=CCNc1cncc(C(=O)Nc2ccc(N3CCCCC3)cc2)c1. The summed E-state index contributed by atoms with van der Waals surface area (Å²) in [7, 11) is 0. The molecule has 0 bridgehead atoms. The maximum atomic E-state index is 12.4. The van der Waals surface area contributed by atoms with Crippen LogP contribution in [0.3, 0.4) is 0 Å². The number of nitrogens with one attached hydrogen (secondary N) is 2. The Morgan fingerprint density at radius 3 is 2.60 bits per heavy atom. The van der Waals surface area contributed by atoms with Crippen LogP contribution >= 0.6 is 0 Å². The number of amides is 1. The summed E-state index contributed by atoms with van der Waals surface area (Å²) in [5.41, 5.74) is 3.33. The van der Waals surface area contributed by atoms with E-state index in [1.165, 1.54) is 24.9 Å². The van der Waals surface area contributed by atoms with E-state index in [-0.39, 0.29) is 5.91 Å².